The molecule has 19 heavy (non-hydrogen) atoms. The van der Waals surface area contributed by atoms with Crippen LogP contribution in [0.25, 0.3) is 0 Å². The number of aromatic nitrogens is 2. The molecule has 0 aliphatic heterocycles. The van der Waals surface area contributed by atoms with Crippen molar-refractivity contribution >= 4 is 5.78 Å². The van der Waals surface area contributed by atoms with Crippen molar-refractivity contribution in [2.24, 2.45) is 0 Å². The molecule has 1 N–H and O–H groups in total. The van der Waals surface area contributed by atoms with E-state index in [0.29, 0.717) is 5.56 Å². The number of hydrogen-bond donors (Lipinski definition) is 1. The van der Waals surface area contributed by atoms with Crippen molar-refractivity contribution in [3.63, 3.8) is 0 Å². The quantitative estimate of drug-likeness (QED) is 0.849. The molecular weight excluding hydrogens is 257 g/mol. The molecule has 100 valence electrons. The maximum atomic E-state index is 12.4. The van der Waals surface area contributed by atoms with Crippen LogP contribution in [0.1, 0.15) is 32.9 Å². The zero-order chi connectivity index (χ0) is 14.2. The maximum Gasteiger partial charge on any atom is 0.432 e. The van der Waals surface area contributed by atoms with Crippen molar-refractivity contribution in [3.8, 4) is 0 Å². The number of nitrogens with one attached hydrogen (secondary N) is 1. The summed E-state index contributed by atoms with van der Waals surface area (Å²) in [5.74, 6) is -0.529. The minimum atomic E-state index is -4.53. The molecular formula is C13H11F3N2O. The lowest BCUT2D eigenvalue weighted by molar-refractivity contribution is -0.141. The molecule has 0 atom stereocenters. The number of benzene rings is 1. The van der Waals surface area contributed by atoms with Crippen molar-refractivity contribution < 1.29 is 18.0 Å². The number of hydrogen-bond acceptors (Lipinski definition) is 2. The molecule has 0 saturated carbocycles. The van der Waals surface area contributed by atoms with E-state index in [1.165, 1.54) is 0 Å². The highest BCUT2D eigenvalue weighted by Gasteiger charge is 2.33. The average Bonchev–Trinajstić information content (AvgIpc) is 2.75. The molecule has 0 spiro atoms. The lowest BCUT2D eigenvalue weighted by Gasteiger charge is -2.02. The largest absolute Gasteiger partial charge is 0.432 e. The van der Waals surface area contributed by atoms with Crippen LogP contribution in [0.4, 0.5) is 13.2 Å². The summed E-state index contributed by atoms with van der Waals surface area (Å²) in [6, 6.07) is 5.84. The number of ketones is 1. The van der Waals surface area contributed by atoms with Crippen molar-refractivity contribution in [3.05, 3.63) is 52.3 Å². The molecule has 0 amide bonds. The highest BCUT2D eigenvalue weighted by molar-refractivity contribution is 6.07. The topological polar surface area (TPSA) is 45.8 Å². The second kappa shape index (κ2) is 4.53. The van der Waals surface area contributed by atoms with E-state index in [1.807, 2.05) is 25.0 Å². The van der Waals surface area contributed by atoms with Gasteiger partial charge in [-0.2, -0.15) is 18.3 Å². The van der Waals surface area contributed by atoms with E-state index in [9.17, 15) is 18.0 Å². The summed E-state index contributed by atoms with van der Waals surface area (Å²) in [7, 11) is 0. The van der Waals surface area contributed by atoms with E-state index in [4.69, 9.17) is 0 Å². The third kappa shape index (κ3) is 2.83. The first-order chi connectivity index (χ1) is 8.77. The fourth-order valence-corrected chi connectivity index (χ4v) is 1.84. The first-order valence-electron chi connectivity index (χ1n) is 5.53. The van der Waals surface area contributed by atoms with E-state index in [-0.39, 0.29) is 5.69 Å². The SMILES string of the molecule is Cc1cc(C)cc(C(=O)c2cc(C(F)(F)F)[nH]n2)c1. The van der Waals surface area contributed by atoms with Gasteiger partial charge in [0.15, 0.2) is 0 Å². The van der Waals surface area contributed by atoms with Gasteiger partial charge in [0.2, 0.25) is 5.78 Å². The van der Waals surface area contributed by atoms with Gasteiger partial charge in [0.1, 0.15) is 11.4 Å². The van der Waals surface area contributed by atoms with Gasteiger partial charge in [-0.3, -0.25) is 9.89 Å². The summed E-state index contributed by atoms with van der Waals surface area (Å²) in [5, 5.41) is 5.25. The number of H-pyrrole nitrogens is 1. The standard InChI is InChI=1S/C13H11F3N2O/c1-7-3-8(2)5-9(4-7)12(19)10-6-11(18-17-10)13(14,15)16/h3-6H,1-2H3,(H,17,18). The molecule has 2 rings (SSSR count). The van der Waals surface area contributed by atoms with Crippen LogP contribution in [-0.4, -0.2) is 16.0 Å². The van der Waals surface area contributed by atoms with E-state index in [1.54, 1.807) is 12.1 Å². The zero-order valence-electron chi connectivity index (χ0n) is 10.3. The van der Waals surface area contributed by atoms with Gasteiger partial charge < -0.3 is 0 Å². The van der Waals surface area contributed by atoms with Gasteiger partial charge in [-0.05, 0) is 32.0 Å². The molecule has 0 saturated heterocycles. The molecule has 0 aliphatic rings. The number of alkyl halides is 3. The minimum absolute atomic E-state index is 0.239. The lowest BCUT2D eigenvalue weighted by atomic mass is 10.0. The molecule has 1 aromatic carbocycles. The molecule has 0 bridgehead atoms. The molecule has 0 unspecified atom stereocenters. The van der Waals surface area contributed by atoms with Crippen LogP contribution in [0.3, 0.4) is 0 Å². The Kier molecular flexibility index (Phi) is 3.18. The lowest BCUT2D eigenvalue weighted by Crippen LogP contribution is -2.05. The Labute approximate surface area is 107 Å². The molecule has 0 aliphatic carbocycles. The first kappa shape index (κ1) is 13.3. The van der Waals surface area contributed by atoms with Crippen LogP contribution in [0.15, 0.2) is 24.3 Å². The van der Waals surface area contributed by atoms with Crippen LogP contribution in [0, 0.1) is 13.8 Å². The molecule has 6 heteroatoms. The Balaban J connectivity index is 2.36. The van der Waals surface area contributed by atoms with Gasteiger partial charge >= 0.3 is 6.18 Å². The Morgan fingerprint density at radius 3 is 2.16 bits per heavy atom. The third-order valence-corrected chi connectivity index (χ3v) is 2.60. The van der Waals surface area contributed by atoms with Gasteiger partial charge in [-0.1, -0.05) is 17.2 Å². The number of carbonyl (C=O) groups is 1. The molecule has 3 nitrogen and oxygen atoms in total. The number of nitrogens with zero attached hydrogens (tertiary/aromatic N) is 1. The number of aryl methyl sites for hydroxylation is 2. The molecule has 0 radical (unpaired) electrons. The summed E-state index contributed by atoms with van der Waals surface area (Å²) >= 11 is 0. The second-order valence-corrected chi connectivity index (χ2v) is 4.37. The monoisotopic (exact) mass is 268 g/mol. The Morgan fingerprint density at radius 1 is 1.11 bits per heavy atom. The summed E-state index contributed by atoms with van der Waals surface area (Å²) < 4.78 is 37.2. The van der Waals surface area contributed by atoms with E-state index < -0.39 is 17.7 Å². The molecule has 1 heterocycles. The van der Waals surface area contributed by atoms with Crippen LogP contribution in [-0.2, 0) is 6.18 Å². The summed E-state index contributed by atoms with van der Waals surface area (Å²) in [4.78, 5) is 12.0. The number of halogens is 3. The number of carbonyl (C=O) groups excluding carboxylic acids is 1. The van der Waals surface area contributed by atoms with Crippen molar-refractivity contribution in [1.29, 1.82) is 0 Å². The highest BCUT2D eigenvalue weighted by atomic mass is 19.4. The minimum Gasteiger partial charge on any atom is -0.287 e. The van der Waals surface area contributed by atoms with E-state index in [2.05, 4.69) is 5.10 Å². The maximum absolute atomic E-state index is 12.4. The van der Waals surface area contributed by atoms with E-state index in [0.717, 1.165) is 17.2 Å². The fraction of sp³-hybridized carbons (Fsp3) is 0.231. The first-order valence-corrected chi connectivity index (χ1v) is 5.53. The Morgan fingerprint density at radius 2 is 1.68 bits per heavy atom. The number of rotatable bonds is 2. The fourth-order valence-electron chi connectivity index (χ4n) is 1.84. The zero-order valence-corrected chi connectivity index (χ0v) is 10.3. The van der Waals surface area contributed by atoms with Crippen molar-refractivity contribution in [2.75, 3.05) is 0 Å². The number of aromatic amines is 1. The van der Waals surface area contributed by atoms with E-state index >= 15 is 0 Å². The third-order valence-electron chi connectivity index (χ3n) is 2.60. The van der Waals surface area contributed by atoms with Crippen molar-refractivity contribution in [2.45, 2.75) is 20.0 Å². The van der Waals surface area contributed by atoms with Gasteiger partial charge in [-0.25, -0.2) is 0 Å². The highest BCUT2D eigenvalue weighted by Crippen LogP contribution is 2.28. The smallest absolute Gasteiger partial charge is 0.287 e. The average molecular weight is 268 g/mol. The summed E-state index contributed by atoms with van der Waals surface area (Å²) in [5.41, 5.74) is 0.806. The normalized spacial score (nSPS) is 11.6. The van der Waals surface area contributed by atoms with Gasteiger partial charge in [0.05, 0.1) is 0 Å². The summed E-state index contributed by atoms with van der Waals surface area (Å²) in [6.07, 6.45) is -4.53. The van der Waals surface area contributed by atoms with Crippen LogP contribution in [0.5, 0.6) is 0 Å². The predicted molar refractivity (Wildman–Crippen MR) is 62.9 cm³/mol. The van der Waals surface area contributed by atoms with Crippen molar-refractivity contribution in [1.82, 2.24) is 10.2 Å². The van der Waals surface area contributed by atoms with Crippen LogP contribution >= 0.6 is 0 Å². The van der Waals surface area contributed by atoms with Crippen LogP contribution < -0.4 is 0 Å². The van der Waals surface area contributed by atoms with Gasteiger partial charge in [0, 0.05) is 5.56 Å². The van der Waals surface area contributed by atoms with Crippen LogP contribution in [0.2, 0.25) is 0 Å². The Hall–Kier alpha value is -2.11. The molecule has 2 aromatic rings. The van der Waals surface area contributed by atoms with Gasteiger partial charge in [-0.15, -0.1) is 0 Å². The predicted octanol–water partition coefficient (Wildman–Crippen LogP) is 3.28. The van der Waals surface area contributed by atoms with Gasteiger partial charge in [0.25, 0.3) is 0 Å². The molecule has 0 fully saturated rings. The Bertz CT molecular complexity index is 609. The molecule has 1 aromatic heterocycles. The second-order valence-electron chi connectivity index (χ2n) is 4.37. The summed E-state index contributed by atoms with van der Waals surface area (Å²) in [6.45, 7) is 3.63.